The average Bonchev–Trinajstić information content (AvgIpc) is 3.78. The minimum Gasteiger partial charge on any atom is -0.309 e. The molecule has 0 aliphatic rings. The summed E-state index contributed by atoms with van der Waals surface area (Å²) in [6.45, 7) is 0. The quantitative estimate of drug-likeness (QED) is 0.183. The summed E-state index contributed by atoms with van der Waals surface area (Å²) in [4.78, 5) is 10.6. The number of aromatic nitrogens is 3. The van der Waals surface area contributed by atoms with E-state index in [-0.39, 0.29) is 0 Å². The van der Waals surface area contributed by atoms with Crippen molar-refractivity contribution in [3.63, 3.8) is 0 Å². The van der Waals surface area contributed by atoms with Crippen LogP contribution >= 0.6 is 11.3 Å². The number of benzene rings is 9. The molecule has 4 heteroatoms. The first-order valence-corrected chi connectivity index (χ1v) is 19.1. The summed E-state index contributed by atoms with van der Waals surface area (Å²) in [6.07, 6.45) is 0. The van der Waals surface area contributed by atoms with Gasteiger partial charge in [-0.3, -0.25) is 0 Å². The molecule has 0 N–H and O–H groups in total. The molecular formula is C50H29N3S. The van der Waals surface area contributed by atoms with Crippen molar-refractivity contribution >= 4 is 96.5 Å². The number of para-hydroxylation sites is 1. The Hall–Kier alpha value is -6.88. The molecule has 54 heavy (non-hydrogen) atoms. The smallest absolute Gasteiger partial charge is 0.161 e. The van der Waals surface area contributed by atoms with E-state index in [4.69, 9.17) is 9.97 Å². The van der Waals surface area contributed by atoms with Gasteiger partial charge in [0.15, 0.2) is 5.82 Å². The van der Waals surface area contributed by atoms with Crippen LogP contribution in [-0.4, -0.2) is 14.5 Å². The number of rotatable bonds is 3. The zero-order valence-corrected chi connectivity index (χ0v) is 29.8. The number of hydrogen-bond donors (Lipinski definition) is 0. The Morgan fingerprint density at radius 1 is 0.407 bits per heavy atom. The topological polar surface area (TPSA) is 30.7 Å². The summed E-state index contributed by atoms with van der Waals surface area (Å²) in [5, 5.41) is 13.5. The van der Waals surface area contributed by atoms with E-state index in [1.54, 1.807) is 0 Å². The fraction of sp³-hybridized carbons (Fsp3) is 0. The van der Waals surface area contributed by atoms with Crippen LogP contribution in [0.5, 0.6) is 0 Å². The van der Waals surface area contributed by atoms with Crippen molar-refractivity contribution in [3.05, 3.63) is 176 Å². The maximum Gasteiger partial charge on any atom is 0.161 e. The fourth-order valence-electron chi connectivity index (χ4n) is 8.77. The SMILES string of the molecule is c1ccc2c(c1)ccc1c2c2c3ccccc3ccc2n1-c1ccc(-c2nc(-c3ccc4c(c3)sc3ccccc34)c3ccccc3n2)c2ccccc12. The molecule has 12 aromatic rings. The van der Waals surface area contributed by atoms with Gasteiger partial charge in [0.05, 0.1) is 27.9 Å². The molecular weight excluding hydrogens is 675 g/mol. The van der Waals surface area contributed by atoms with Crippen molar-refractivity contribution in [1.82, 2.24) is 14.5 Å². The van der Waals surface area contributed by atoms with Crippen molar-refractivity contribution in [2.45, 2.75) is 0 Å². The summed E-state index contributed by atoms with van der Waals surface area (Å²) in [7, 11) is 0. The number of thiophene rings is 1. The number of nitrogens with zero attached hydrogens (tertiary/aromatic N) is 3. The van der Waals surface area contributed by atoms with Gasteiger partial charge in [0.1, 0.15) is 0 Å². The summed E-state index contributed by atoms with van der Waals surface area (Å²) in [5.74, 6) is 0.724. The molecule has 0 unspecified atom stereocenters. The van der Waals surface area contributed by atoms with Gasteiger partial charge in [-0.05, 0) is 69.4 Å². The van der Waals surface area contributed by atoms with Crippen molar-refractivity contribution in [1.29, 1.82) is 0 Å². The molecule has 3 heterocycles. The highest BCUT2D eigenvalue weighted by Gasteiger charge is 2.21. The van der Waals surface area contributed by atoms with E-state index in [1.807, 2.05) is 11.3 Å². The van der Waals surface area contributed by atoms with Crippen LogP contribution in [0.2, 0.25) is 0 Å². The molecule has 12 rings (SSSR count). The van der Waals surface area contributed by atoms with Crippen LogP contribution in [0.4, 0.5) is 0 Å². The second-order valence-electron chi connectivity index (χ2n) is 14.1. The molecule has 0 atom stereocenters. The lowest BCUT2D eigenvalue weighted by Crippen LogP contribution is -1.99. The maximum absolute atomic E-state index is 5.40. The predicted molar refractivity (Wildman–Crippen MR) is 230 cm³/mol. The van der Waals surface area contributed by atoms with Gasteiger partial charge < -0.3 is 4.57 Å². The van der Waals surface area contributed by atoms with Crippen molar-refractivity contribution in [2.24, 2.45) is 0 Å². The highest BCUT2D eigenvalue weighted by atomic mass is 32.1. The zero-order valence-electron chi connectivity index (χ0n) is 29.0. The Kier molecular flexibility index (Phi) is 6.21. The molecule has 0 aliphatic heterocycles. The highest BCUT2D eigenvalue weighted by molar-refractivity contribution is 7.25. The lowest BCUT2D eigenvalue weighted by molar-refractivity contribution is 1.19. The molecule has 0 radical (unpaired) electrons. The van der Waals surface area contributed by atoms with Crippen LogP contribution in [0.3, 0.4) is 0 Å². The Balaban J connectivity index is 1.11. The molecule has 0 saturated heterocycles. The van der Waals surface area contributed by atoms with E-state index in [1.165, 1.54) is 63.5 Å². The zero-order chi connectivity index (χ0) is 35.3. The van der Waals surface area contributed by atoms with Gasteiger partial charge in [-0.25, -0.2) is 9.97 Å². The second-order valence-corrected chi connectivity index (χ2v) is 15.2. The van der Waals surface area contributed by atoms with Gasteiger partial charge in [-0.2, -0.15) is 0 Å². The van der Waals surface area contributed by atoms with E-state index in [2.05, 4.69) is 180 Å². The third-order valence-corrected chi connectivity index (χ3v) is 12.3. The monoisotopic (exact) mass is 703 g/mol. The van der Waals surface area contributed by atoms with E-state index in [0.29, 0.717) is 0 Å². The summed E-state index contributed by atoms with van der Waals surface area (Å²) < 4.78 is 5.02. The Bertz CT molecular complexity index is 3420. The van der Waals surface area contributed by atoms with Crippen molar-refractivity contribution < 1.29 is 0 Å². The van der Waals surface area contributed by atoms with Crippen LogP contribution in [0.1, 0.15) is 0 Å². The van der Waals surface area contributed by atoms with E-state index >= 15 is 0 Å². The van der Waals surface area contributed by atoms with Crippen molar-refractivity contribution in [2.75, 3.05) is 0 Å². The molecule has 0 aliphatic carbocycles. The van der Waals surface area contributed by atoms with Crippen LogP contribution in [0.25, 0.3) is 114 Å². The molecule has 0 amide bonds. The summed E-state index contributed by atoms with van der Waals surface area (Å²) in [6, 6.07) is 63.6. The van der Waals surface area contributed by atoms with Crippen LogP contribution in [0.15, 0.2) is 176 Å². The molecule has 0 spiro atoms. The second kappa shape index (κ2) is 11.3. The molecule has 0 fully saturated rings. The van der Waals surface area contributed by atoms with Gasteiger partial charge in [-0.1, -0.05) is 133 Å². The van der Waals surface area contributed by atoms with E-state index in [9.17, 15) is 0 Å². The maximum atomic E-state index is 5.40. The lowest BCUT2D eigenvalue weighted by Gasteiger charge is -2.15. The van der Waals surface area contributed by atoms with Gasteiger partial charge in [0.25, 0.3) is 0 Å². The first-order valence-electron chi connectivity index (χ1n) is 18.3. The summed E-state index contributed by atoms with van der Waals surface area (Å²) in [5.41, 5.74) is 7.52. The largest absolute Gasteiger partial charge is 0.309 e. The Morgan fingerprint density at radius 2 is 1.00 bits per heavy atom. The number of fused-ring (bicyclic) bond motifs is 12. The lowest BCUT2D eigenvalue weighted by atomic mass is 10.00. The van der Waals surface area contributed by atoms with Gasteiger partial charge >= 0.3 is 0 Å². The third kappa shape index (κ3) is 4.23. The minimum atomic E-state index is 0.724. The average molecular weight is 704 g/mol. The van der Waals surface area contributed by atoms with Crippen LogP contribution in [-0.2, 0) is 0 Å². The van der Waals surface area contributed by atoms with Crippen molar-refractivity contribution in [3.8, 4) is 28.3 Å². The predicted octanol–water partition coefficient (Wildman–Crippen LogP) is 13.9. The highest BCUT2D eigenvalue weighted by Crippen LogP contribution is 2.43. The molecule has 9 aromatic carbocycles. The van der Waals surface area contributed by atoms with Crippen LogP contribution < -0.4 is 0 Å². The fourth-order valence-corrected chi connectivity index (χ4v) is 9.92. The molecule has 0 saturated carbocycles. The van der Waals surface area contributed by atoms with Crippen LogP contribution in [0, 0.1) is 0 Å². The molecule has 0 bridgehead atoms. The first-order chi connectivity index (χ1) is 26.8. The molecule has 250 valence electrons. The van der Waals surface area contributed by atoms with Gasteiger partial charge in [0.2, 0.25) is 0 Å². The van der Waals surface area contributed by atoms with Gasteiger partial charge in [-0.15, -0.1) is 11.3 Å². The minimum absolute atomic E-state index is 0.724. The van der Waals surface area contributed by atoms with E-state index in [0.717, 1.165) is 50.0 Å². The molecule has 3 aromatic heterocycles. The van der Waals surface area contributed by atoms with Gasteiger partial charge in [0, 0.05) is 52.8 Å². The Morgan fingerprint density at radius 3 is 1.74 bits per heavy atom. The summed E-state index contributed by atoms with van der Waals surface area (Å²) >= 11 is 1.84. The standard InChI is InChI=1S/C50H29N3S/c1-3-13-33-30(11-1)22-26-43-47(33)48-34-14-4-2-12-31(34)23-27-44(48)53(43)42-28-25-39(35-15-5-6-16-36(35)42)50-51-41-19-9-7-18-40(41)49(52-50)32-21-24-38-37-17-8-10-20-45(37)54-46(38)29-32/h1-29H. The third-order valence-electron chi connectivity index (χ3n) is 11.2. The Labute approximate surface area is 314 Å². The van der Waals surface area contributed by atoms with E-state index < -0.39 is 0 Å². The molecule has 3 nitrogen and oxygen atoms in total. The normalized spacial score (nSPS) is 12.1. The first kappa shape index (κ1) is 29.7. The number of hydrogen-bond acceptors (Lipinski definition) is 3.